The van der Waals surface area contributed by atoms with Crippen LogP contribution in [0.3, 0.4) is 0 Å². The van der Waals surface area contributed by atoms with E-state index >= 15 is 0 Å². The Bertz CT molecular complexity index is 996. The molecule has 0 saturated carbocycles. The zero-order valence-corrected chi connectivity index (χ0v) is 14.3. The van der Waals surface area contributed by atoms with E-state index in [2.05, 4.69) is 20.7 Å². The summed E-state index contributed by atoms with van der Waals surface area (Å²) in [5.74, 6) is -0.207. The Hall–Kier alpha value is -3.42. The number of nitrogens with one attached hydrogen (secondary N) is 2. The fraction of sp³-hybridized carbons (Fsp3) is 0.222. The van der Waals surface area contributed by atoms with Gasteiger partial charge in [0.2, 0.25) is 0 Å². The van der Waals surface area contributed by atoms with E-state index in [4.69, 9.17) is 0 Å². The lowest BCUT2D eigenvalue weighted by Crippen LogP contribution is -2.29. The summed E-state index contributed by atoms with van der Waals surface area (Å²) >= 11 is 0. The zero-order valence-electron chi connectivity index (χ0n) is 14.3. The Balaban J connectivity index is 1.52. The van der Waals surface area contributed by atoms with Crippen LogP contribution in [0.4, 0.5) is 10.5 Å². The standard InChI is InChI=1S/C18H18N6O2/c1-12-3-4-13(9-15(12)23-8-6-20-18(23)26)17(25)21-10-14-11-22-24-7-2-5-19-16(14)24/h2-5,7,9,11H,6,8,10H2,1H3,(H,20,26)(H,21,25). The van der Waals surface area contributed by atoms with E-state index < -0.39 is 0 Å². The maximum absolute atomic E-state index is 12.6. The van der Waals surface area contributed by atoms with E-state index in [9.17, 15) is 9.59 Å². The van der Waals surface area contributed by atoms with E-state index in [0.717, 1.165) is 16.8 Å². The second kappa shape index (κ2) is 6.47. The van der Waals surface area contributed by atoms with Gasteiger partial charge in [0, 0.05) is 48.8 Å². The van der Waals surface area contributed by atoms with Gasteiger partial charge in [0.15, 0.2) is 5.65 Å². The summed E-state index contributed by atoms with van der Waals surface area (Å²) in [5, 5.41) is 9.87. The summed E-state index contributed by atoms with van der Waals surface area (Å²) in [5.41, 5.74) is 3.77. The van der Waals surface area contributed by atoms with Gasteiger partial charge in [-0.2, -0.15) is 5.10 Å². The Labute approximate surface area is 149 Å². The van der Waals surface area contributed by atoms with Gasteiger partial charge in [0.1, 0.15) is 0 Å². The van der Waals surface area contributed by atoms with Gasteiger partial charge in [-0.25, -0.2) is 14.3 Å². The number of urea groups is 1. The van der Waals surface area contributed by atoms with E-state index in [1.54, 1.807) is 46.2 Å². The fourth-order valence-corrected chi connectivity index (χ4v) is 3.02. The Morgan fingerprint density at radius 2 is 2.27 bits per heavy atom. The van der Waals surface area contributed by atoms with Gasteiger partial charge in [-0.05, 0) is 30.7 Å². The molecule has 1 aliphatic rings. The number of carbonyl (C=O) groups excluding carboxylic acids is 2. The van der Waals surface area contributed by atoms with E-state index in [1.807, 2.05) is 13.0 Å². The summed E-state index contributed by atoms with van der Waals surface area (Å²) in [6, 6.07) is 7.03. The molecule has 3 amide bonds. The van der Waals surface area contributed by atoms with Crippen LogP contribution in [0.5, 0.6) is 0 Å². The third kappa shape index (κ3) is 2.85. The summed E-state index contributed by atoms with van der Waals surface area (Å²) in [4.78, 5) is 30.4. The average Bonchev–Trinajstić information content (AvgIpc) is 3.26. The highest BCUT2D eigenvalue weighted by atomic mass is 16.2. The first-order valence-corrected chi connectivity index (χ1v) is 8.35. The third-order valence-corrected chi connectivity index (χ3v) is 4.41. The van der Waals surface area contributed by atoms with Crippen LogP contribution in [0.2, 0.25) is 0 Å². The van der Waals surface area contributed by atoms with E-state index in [0.29, 0.717) is 30.8 Å². The highest BCUT2D eigenvalue weighted by Crippen LogP contribution is 2.23. The molecule has 2 aromatic heterocycles. The Kier molecular flexibility index (Phi) is 4.00. The molecule has 1 aromatic carbocycles. The van der Waals surface area contributed by atoms with Crippen LogP contribution in [0.25, 0.3) is 5.65 Å². The van der Waals surface area contributed by atoms with Crippen molar-refractivity contribution >= 4 is 23.3 Å². The first-order chi connectivity index (χ1) is 12.6. The topological polar surface area (TPSA) is 91.6 Å². The molecule has 8 heteroatoms. The summed E-state index contributed by atoms with van der Waals surface area (Å²) < 4.78 is 1.66. The lowest BCUT2D eigenvalue weighted by Gasteiger charge is -2.18. The summed E-state index contributed by atoms with van der Waals surface area (Å²) in [6.07, 6.45) is 5.19. The largest absolute Gasteiger partial charge is 0.348 e. The minimum Gasteiger partial charge on any atom is -0.348 e. The monoisotopic (exact) mass is 350 g/mol. The molecule has 1 saturated heterocycles. The molecule has 0 radical (unpaired) electrons. The molecule has 0 bridgehead atoms. The number of hydrogen-bond donors (Lipinski definition) is 2. The molecule has 8 nitrogen and oxygen atoms in total. The van der Waals surface area contributed by atoms with E-state index in [-0.39, 0.29) is 11.9 Å². The normalized spacial score (nSPS) is 13.9. The number of hydrogen-bond acceptors (Lipinski definition) is 4. The molecule has 2 N–H and O–H groups in total. The molecular weight excluding hydrogens is 332 g/mol. The van der Waals surface area contributed by atoms with Crippen molar-refractivity contribution in [3.8, 4) is 0 Å². The predicted molar refractivity (Wildman–Crippen MR) is 96.1 cm³/mol. The molecule has 3 aromatic rings. The summed E-state index contributed by atoms with van der Waals surface area (Å²) in [7, 11) is 0. The van der Waals surface area contributed by atoms with Gasteiger partial charge in [0.25, 0.3) is 5.91 Å². The van der Waals surface area contributed by atoms with Gasteiger partial charge in [-0.1, -0.05) is 6.07 Å². The highest BCUT2D eigenvalue weighted by molar-refractivity contribution is 5.99. The number of carbonyl (C=O) groups is 2. The lowest BCUT2D eigenvalue weighted by atomic mass is 10.1. The van der Waals surface area contributed by atoms with Gasteiger partial charge in [-0.3, -0.25) is 9.69 Å². The van der Waals surface area contributed by atoms with Gasteiger partial charge < -0.3 is 10.6 Å². The second-order valence-electron chi connectivity index (χ2n) is 6.13. The van der Waals surface area contributed by atoms with Crippen molar-refractivity contribution in [3.05, 3.63) is 59.5 Å². The van der Waals surface area contributed by atoms with Crippen molar-refractivity contribution in [2.75, 3.05) is 18.0 Å². The minimum absolute atomic E-state index is 0.136. The van der Waals surface area contributed by atoms with Crippen molar-refractivity contribution in [2.45, 2.75) is 13.5 Å². The summed E-state index contributed by atoms with van der Waals surface area (Å²) in [6.45, 7) is 3.45. The first kappa shape index (κ1) is 16.1. The molecule has 132 valence electrons. The molecule has 0 unspecified atom stereocenters. The third-order valence-electron chi connectivity index (χ3n) is 4.41. The number of amides is 3. The first-order valence-electron chi connectivity index (χ1n) is 8.35. The zero-order chi connectivity index (χ0) is 18.1. The second-order valence-corrected chi connectivity index (χ2v) is 6.13. The number of benzene rings is 1. The number of anilines is 1. The fourth-order valence-electron chi connectivity index (χ4n) is 3.02. The van der Waals surface area contributed by atoms with Gasteiger partial charge in [0.05, 0.1) is 6.20 Å². The molecular formula is C18H18N6O2. The van der Waals surface area contributed by atoms with Crippen molar-refractivity contribution < 1.29 is 9.59 Å². The van der Waals surface area contributed by atoms with Crippen molar-refractivity contribution in [1.82, 2.24) is 25.2 Å². The van der Waals surface area contributed by atoms with Crippen LogP contribution in [-0.2, 0) is 6.54 Å². The number of aromatic nitrogens is 3. The molecule has 1 fully saturated rings. The highest BCUT2D eigenvalue weighted by Gasteiger charge is 2.23. The molecule has 4 rings (SSSR count). The number of rotatable bonds is 4. The van der Waals surface area contributed by atoms with Crippen molar-refractivity contribution in [1.29, 1.82) is 0 Å². The smallest absolute Gasteiger partial charge is 0.322 e. The van der Waals surface area contributed by atoms with Crippen LogP contribution < -0.4 is 15.5 Å². The van der Waals surface area contributed by atoms with Crippen molar-refractivity contribution in [3.63, 3.8) is 0 Å². The molecule has 0 atom stereocenters. The molecule has 1 aliphatic heterocycles. The molecule has 0 aliphatic carbocycles. The maximum atomic E-state index is 12.6. The Morgan fingerprint density at radius 1 is 1.38 bits per heavy atom. The molecule has 0 spiro atoms. The van der Waals surface area contributed by atoms with Crippen LogP contribution in [0.1, 0.15) is 21.5 Å². The number of fused-ring (bicyclic) bond motifs is 1. The van der Waals surface area contributed by atoms with Crippen LogP contribution in [0.15, 0.2) is 42.9 Å². The van der Waals surface area contributed by atoms with Crippen LogP contribution >= 0.6 is 0 Å². The average molecular weight is 350 g/mol. The van der Waals surface area contributed by atoms with Crippen LogP contribution in [-0.4, -0.2) is 39.6 Å². The van der Waals surface area contributed by atoms with Gasteiger partial charge >= 0.3 is 6.03 Å². The van der Waals surface area contributed by atoms with Crippen molar-refractivity contribution in [2.24, 2.45) is 0 Å². The number of aryl methyl sites for hydroxylation is 1. The molecule has 26 heavy (non-hydrogen) atoms. The van der Waals surface area contributed by atoms with Gasteiger partial charge in [-0.15, -0.1) is 0 Å². The van der Waals surface area contributed by atoms with E-state index in [1.165, 1.54) is 0 Å². The SMILES string of the molecule is Cc1ccc(C(=O)NCc2cnn3cccnc23)cc1N1CCNC1=O. The Morgan fingerprint density at radius 3 is 3.08 bits per heavy atom. The predicted octanol–water partition coefficient (Wildman–Crippen LogP) is 1.50. The lowest BCUT2D eigenvalue weighted by molar-refractivity contribution is 0.0951. The molecule has 3 heterocycles. The number of nitrogens with zero attached hydrogens (tertiary/aromatic N) is 4. The minimum atomic E-state index is -0.207. The maximum Gasteiger partial charge on any atom is 0.322 e. The quantitative estimate of drug-likeness (QED) is 0.746. The van der Waals surface area contributed by atoms with Crippen LogP contribution in [0, 0.1) is 6.92 Å².